The molecule has 12 heavy (non-hydrogen) atoms. The third kappa shape index (κ3) is 1.38. The summed E-state index contributed by atoms with van der Waals surface area (Å²) in [5.41, 5.74) is 0. The summed E-state index contributed by atoms with van der Waals surface area (Å²) in [6.45, 7) is 5.85. The van der Waals surface area contributed by atoms with Crippen LogP contribution in [0.5, 0.6) is 0 Å². The Bertz CT molecular complexity index is 160. The Morgan fingerprint density at radius 3 is 2.83 bits per heavy atom. The quantitative estimate of drug-likeness (QED) is 0.669. The van der Waals surface area contributed by atoms with Crippen molar-refractivity contribution in [1.82, 2.24) is 4.90 Å². The second kappa shape index (κ2) is 3.35. The second-order valence-electron chi connectivity index (χ2n) is 4.33. The summed E-state index contributed by atoms with van der Waals surface area (Å²) in [4.78, 5) is 2.51. The van der Waals surface area contributed by atoms with Crippen LogP contribution in [0, 0.1) is 11.8 Å². The molecule has 1 saturated carbocycles. The first-order valence-electron chi connectivity index (χ1n) is 5.21. The van der Waals surface area contributed by atoms with E-state index in [0.29, 0.717) is 5.92 Å². The van der Waals surface area contributed by atoms with Gasteiger partial charge in [-0.2, -0.15) is 0 Å². The van der Waals surface area contributed by atoms with Crippen molar-refractivity contribution in [1.29, 1.82) is 0 Å². The third-order valence-electron chi connectivity index (χ3n) is 3.43. The number of rotatable bonds is 2. The highest BCUT2D eigenvalue weighted by molar-refractivity contribution is 4.93. The van der Waals surface area contributed by atoms with Crippen LogP contribution in [0.3, 0.4) is 0 Å². The predicted octanol–water partition coefficient (Wildman–Crippen LogP) is 1.10. The average molecular weight is 169 g/mol. The molecule has 2 fully saturated rings. The lowest BCUT2D eigenvalue weighted by Gasteiger charge is -2.16. The standard InChI is InChI=1S/C10H19NO/c1-2-5-11-6-8-3-4-10(12)9(8)7-11/h8-10,12H,2-7H2,1H3. The summed E-state index contributed by atoms with van der Waals surface area (Å²) in [6.07, 6.45) is 3.56. The van der Waals surface area contributed by atoms with E-state index in [9.17, 15) is 5.11 Å². The molecule has 0 bridgehead atoms. The molecular weight excluding hydrogens is 150 g/mol. The molecule has 3 unspecified atom stereocenters. The molecule has 1 aliphatic heterocycles. The molecule has 2 aliphatic rings. The Kier molecular flexibility index (Phi) is 2.37. The lowest BCUT2D eigenvalue weighted by molar-refractivity contribution is 0.124. The number of aliphatic hydroxyl groups is 1. The lowest BCUT2D eigenvalue weighted by Crippen LogP contribution is -2.25. The molecular formula is C10H19NO. The van der Waals surface area contributed by atoms with Crippen molar-refractivity contribution in [2.75, 3.05) is 19.6 Å². The highest BCUT2D eigenvalue weighted by atomic mass is 16.3. The topological polar surface area (TPSA) is 23.5 Å². The van der Waals surface area contributed by atoms with Gasteiger partial charge in [-0.05, 0) is 31.7 Å². The fourth-order valence-corrected chi connectivity index (χ4v) is 2.83. The van der Waals surface area contributed by atoms with Gasteiger partial charge in [0.25, 0.3) is 0 Å². The Balaban J connectivity index is 1.90. The van der Waals surface area contributed by atoms with Crippen molar-refractivity contribution in [2.24, 2.45) is 11.8 Å². The van der Waals surface area contributed by atoms with Crippen LogP contribution in [0.2, 0.25) is 0 Å². The molecule has 2 rings (SSSR count). The molecule has 0 aromatic rings. The molecule has 1 aliphatic carbocycles. The zero-order valence-electron chi connectivity index (χ0n) is 7.87. The van der Waals surface area contributed by atoms with E-state index in [4.69, 9.17) is 0 Å². The minimum atomic E-state index is 0.0110. The van der Waals surface area contributed by atoms with Crippen LogP contribution in [0.15, 0.2) is 0 Å². The fraction of sp³-hybridized carbons (Fsp3) is 1.00. The van der Waals surface area contributed by atoms with Crippen LogP contribution >= 0.6 is 0 Å². The summed E-state index contributed by atoms with van der Waals surface area (Å²) < 4.78 is 0. The zero-order chi connectivity index (χ0) is 8.55. The number of hydrogen-bond acceptors (Lipinski definition) is 2. The van der Waals surface area contributed by atoms with Gasteiger partial charge in [-0.1, -0.05) is 6.92 Å². The molecule has 70 valence electrons. The summed E-state index contributed by atoms with van der Waals surface area (Å²) in [5.74, 6) is 1.42. The number of nitrogens with zero attached hydrogens (tertiary/aromatic N) is 1. The van der Waals surface area contributed by atoms with E-state index < -0.39 is 0 Å². The van der Waals surface area contributed by atoms with Crippen LogP contribution < -0.4 is 0 Å². The molecule has 0 aromatic carbocycles. The molecule has 0 spiro atoms. The Morgan fingerprint density at radius 1 is 1.33 bits per heavy atom. The molecule has 0 radical (unpaired) electrons. The molecule has 1 N–H and O–H groups in total. The van der Waals surface area contributed by atoms with E-state index in [2.05, 4.69) is 11.8 Å². The first-order valence-corrected chi connectivity index (χ1v) is 5.21. The van der Waals surface area contributed by atoms with Crippen LogP contribution in [0.25, 0.3) is 0 Å². The van der Waals surface area contributed by atoms with Gasteiger partial charge in [-0.25, -0.2) is 0 Å². The Hall–Kier alpha value is -0.0800. The van der Waals surface area contributed by atoms with Crippen molar-refractivity contribution < 1.29 is 5.11 Å². The molecule has 3 atom stereocenters. The third-order valence-corrected chi connectivity index (χ3v) is 3.43. The fourth-order valence-electron chi connectivity index (χ4n) is 2.83. The highest BCUT2D eigenvalue weighted by Crippen LogP contribution is 2.37. The first kappa shape index (κ1) is 8.52. The summed E-state index contributed by atoms with van der Waals surface area (Å²) >= 11 is 0. The van der Waals surface area contributed by atoms with Gasteiger partial charge in [0.2, 0.25) is 0 Å². The maximum absolute atomic E-state index is 9.66. The molecule has 0 amide bonds. The van der Waals surface area contributed by atoms with Crippen LogP contribution in [-0.4, -0.2) is 35.7 Å². The lowest BCUT2D eigenvalue weighted by atomic mass is 10.00. The van der Waals surface area contributed by atoms with Gasteiger partial charge in [0.15, 0.2) is 0 Å². The number of fused-ring (bicyclic) bond motifs is 1. The normalized spacial score (nSPS) is 42.0. The smallest absolute Gasteiger partial charge is 0.0583 e. The SMILES string of the molecule is CCCN1CC2CCC(O)C2C1. The summed E-state index contributed by atoms with van der Waals surface area (Å²) in [5, 5.41) is 9.66. The Labute approximate surface area is 74.6 Å². The summed E-state index contributed by atoms with van der Waals surface area (Å²) in [7, 11) is 0. The Morgan fingerprint density at radius 2 is 2.17 bits per heavy atom. The minimum Gasteiger partial charge on any atom is -0.393 e. The molecule has 0 aromatic heterocycles. The van der Waals surface area contributed by atoms with Crippen molar-refractivity contribution in [3.63, 3.8) is 0 Å². The second-order valence-corrected chi connectivity index (χ2v) is 4.33. The van der Waals surface area contributed by atoms with Crippen molar-refractivity contribution in [2.45, 2.75) is 32.3 Å². The van der Waals surface area contributed by atoms with Gasteiger partial charge in [-0.15, -0.1) is 0 Å². The maximum atomic E-state index is 9.66. The molecule has 2 nitrogen and oxygen atoms in total. The number of aliphatic hydroxyl groups excluding tert-OH is 1. The average Bonchev–Trinajstić information content (AvgIpc) is 2.55. The maximum Gasteiger partial charge on any atom is 0.0583 e. The number of likely N-dealkylation sites (tertiary alicyclic amines) is 1. The molecule has 1 saturated heterocycles. The monoisotopic (exact) mass is 169 g/mol. The van der Waals surface area contributed by atoms with Crippen LogP contribution in [0.1, 0.15) is 26.2 Å². The van der Waals surface area contributed by atoms with Gasteiger partial charge < -0.3 is 10.0 Å². The minimum absolute atomic E-state index is 0.0110. The largest absolute Gasteiger partial charge is 0.393 e. The van der Waals surface area contributed by atoms with E-state index >= 15 is 0 Å². The summed E-state index contributed by atoms with van der Waals surface area (Å²) in [6, 6.07) is 0. The van der Waals surface area contributed by atoms with Crippen molar-refractivity contribution in [3.8, 4) is 0 Å². The van der Waals surface area contributed by atoms with E-state index in [-0.39, 0.29) is 6.10 Å². The van der Waals surface area contributed by atoms with Crippen LogP contribution in [0.4, 0.5) is 0 Å². The predicted molar refractivity (Wildman–Crippen MR) is 49.0 cm³/mol. The van der Waals surface area contributed by atoms with E-state index in [1.54, 1.807) is 0 Å². The molecule has 1 heterocycles. The van der Waals surface area contributed by atoms with Gasteiger partial charge >= 0.3 is 0 Å². The first-order chi connectivity index (χ1) is 5.81. The van der Waals surface area contributed by atoms with E-state index in [1.807, 2.05) is 0 Å². The molecule has 2 heteroatoms. The highest BCUT2D eigenvalue weighted by Gasteiger charge is 2.41. The van der Waals surface area contributed by atoms with Gasteiger partial charge in [0.05, 0.1) is 6.10 Å². The van der Waals surface area contributed by atoms with E-state index in [1.165, 1.54) is 25.9 Å². The van der Waals surface area contributed by atoms with Gasteiger partial charge in [0.1, 0.15) is 0 Å². The zero-order valence-corrected chi connectivity index (χ0v) is 7.87. The van der Waals surface area contributed by atoms with E-state index in [0.717, 1.165) is 18.9 Å². The van der Waals surface area contributed by atoms with Gasteiger partial charge in [0, 0.05) is 19.0 Å². The van der Waals surface area contributed by atoms with Crippen molar-refractivity contribution >= 4 is 0 Å². The van der Waals surface area contributed by atoms with Gasteiger partial charge in [-0.3, -0.25) is 0 Å². The van der Waals surface area contributed by atoms with Crippen molar-refractivity contribution in [3.05, 3.63) is 0 Å². The van der Waals surface area contributed by atoms with Crippen LogP contribution in [-0.2, 0) is 0 Å². The number of hydrogen-bond donors (Lipinski definition) is 1.